The van der Waals surface area contributed by atoms with Crippen molar-refractivity contribution in [1.82, 2.24) is 0 Å². The standard InChI is InChI=1S/C17H14O7/c1-22-9-5-13(23-2)15-14(6-9)24-7-10(16(15)20)8-3-11(18)17(21)12(19)4-8/h3-7,18-19,21H,1-2H3. The number of benzene rings is 2. The minimum absolute atomic E-state index is 0.0940. The van der Waals surface area contributed by atoms with Crippen molar-refractivity contribution in [3.05, 3.63) is 40.8 Å². The number of aromatic hydroxyl groups is 3. The lowest BCUT2D eigenvalue weighted by Crippen LogP contribution is -2.06. The highest BCUT2D eigenvalue weighted by atomic mass is 16.5. The Hall–Kier alpha value is -3.35. The van der Waals surface area contributed by atoms with Crippen molar-refractivity contribution < 1.29 is 29.2 Å². The molecular formula is C17H14O7. The van der Waals surface area contributed by atoms with Gasteiger partial charge < -0.3 is 29.2 Å². The van der Waals surface area contributed by atoms with Crippen molar-refractivity contribution in [1.29, 1.82) is 0 Å². The van der Waals surface area contributed by atoms with Crippen LogP contribution in [0.1, 0.15) is 0 Å². The molecule has 0 saturated heterocycles. The van der Waals surface area contributed by atoms with Gasteiger partial charge in [-0.25, -0.2) is 0 Å². The molecule has 7 nitrogen and oxygen atoms in total. The lowest BCUT2D eigenvalue weighted by Gasteiger charge is -2.10. The first kappa shape index (κ1) is 15.5. The van der Waals surface area contributed by atoms with E-state index in [1.807, 2.05) is 0 Å². The second-order valence-electron chi connectivity index (χ2n) is 5.04. The summed E-state index contributed by atoms with van der Waals surface area (Å²) in [5.41, 5.74) is 0.139. The molecule has 3 N–H and O–H groups in total. The first-order valence-corrected chi connectivity index (χ1v) is 6.89. The maximum absolute atomic E-state index is 12.8. The molecular weight excluding hydrogens is 316 g/mol. The van der Waals surface area contributed by atoms with Crippen LogP contribution in [0.15, 0.2) is 39.7 Å². The minimum Gasteiger partial charge on any atom is -0.504 e. The lowest BCUT2D eigenvalue weighted by atomic mass is 10.0. The van der Waals surface area contributed by atoms with Crippen LogP contribution in [-0.2, 0) is 0 Å². The van der Waals surface area contributed by atoms with Gasteiger partial charge >= 0.3 is 0 Å². The van der Waals surface area contributed by atoms with E-state index < -0.39 is 22.7 Å². The van der Waals surface area contributed by atoms with Gasteiger partial charge in [0.15, 0.2) is 17.2 Å². The summed E-state index contributed by atoms with van der Waals surface area (Å²) in [6, 6.07) is 5.41. The van der Waals surface area contributed by atoms with Gasteiger partial charge in [-0.05, 0) is 17.7 Å². The summed E-state index contributed by atoms with van der Waals surface area (Å²) in [4.78, 5) is 12.8. The highest BCUT2D eigenvalue weighted by molar-refractivity contribution is 5.88. The van der Waals surface area contributed by atoms with Crippen molar-refractivity contribution in [2.75, 3.05) is 14.2 Å². The molecule has 0 aliphatic carbocycles. The SMILES string of the molecule is COc1cc(OC)c2c(=O)c(-c3cc(O)c(O)c(O)c3)coc2c1. The van der Waals surface area contributed by atoms with E-state index in [0.717, 1.165) is 12.1 Å². The Labute approximate surface area is 135 Å². The molecule has 1 heterocycles. The second-order valence-corrected chi connectivity index (χ2v) is 5.04. The molecule has 0 spiro atoms. The summed E-state index contributed by atoms with van der Waals surface area (Å²) >= 11 is 0. The normalized spacial score (nSPS) is 10.8. The fraction of sp³-hybridized carbons (Fsp3) is 0.118. The summed E-state index contributed by atoms with van der Waals surface area (Å²) in [6.45, 7) is 0. The molecule has 0 fully saturated rings. The molecule has 0 bridgehead atoms. The van der Waals surface area contributed by atoms with Crippen LogP contribution in [-0.4, -0.2) is 29.5 Å². The number of rotatable bonds is 3. The van der Waals surface area contributed by atoms with Crippen molar-refractivity contribution in [3.8, 4) is 39.9 Å². The Balaban J connectivity index is 2.32. The lowest BCUT2D eigenvalue weighted by molar-refractivity contribution is 0.368. The van der Waals surface area contributed by atoms with Crippen LogP contribution in [0.2, 0.25) is 0 Å². The topological polar surface area (TPSA) is 109 Å². The molecule has 3 aromatic rings. The summed E-state index contributed by atoms with van der Waals surface area (Å²) in [6.07, 6.45) is 1.20. The Morgan fingerprint density at radius 3 is 2.21 bits per heavy atom. The third-order valence-electron chi connectivity index (χ3n) is 3.65. The molecule has 0 unspecified atom stereocenters. The van der Waals surface area contributed by atoms with Gasteiger partial charge in [-0.2, -0.15) is 0 Å². The van der Waals surface area contributed by atoms with Crippen LogP contribution in [0.3, 0.4) is 0 Å². The van der Waals surface area contributed by atoms with Crippen LogP contribution < -0.4 is 14.9 Å². The summed E-state index contributed by atoms with van der Waals surface area (Å²) in [5, 5.41) is 28.9. The van der Waals surface area contributed by atoms with Crippen LogP contribution >= 0.6 is 0 Å². The fourth-order valence-corrected chi connectivity index (χ4v) is 2.43. The Morgan fingerprint density at radius 1 is 0.958 bits per heavy atom. The van der Waals surface area contributed by atoms with E-state index >= 15 is 0 Å². The molecule has 0 aliphatic heterocycles. The molecule has 3 rings (SSSR count). The molecule has 24 heavy (non-hydrogen) atoms. The van der Waals surface area contributed by atoms with E-state index in [9.17, 15) is 20.1 Å². The van der Waals surface area contributed by atoms with Gasteiger partial charge in [-0.3, -0.25) is 4.79 Å². The Morgan fingerprint density at radius 2 is 1.62 bits per heavy atom. The molecule has 0 radical (unpaired) electrons. The van der Waals surface area contributed by atoms with Gasteiger partial charge in [0.1, 0.15) is 28.7 Å². The number of fused-ring (bicyclic) bond motifs is 1. The second kappa shape index (κ2) is 5.69. The first-order chi connectivity index (χ1) is 11.5. The molecule has 2 aromatic carbocycles. The average Bonchev–Trinajstić information content (AvgIpc) is 2.58. The summed E-state index contributed by atoms with van der Waals surface area (Å²) in [7, 11) is 2.90. The van der Waals surface area contributed by atoms with Crippen LogP contribution in [0.5, 0.6) is 28.7 Å². The van der Waals surface area contributed by atoms with Gasteiger partial charge in [-0.1, -0.05) is 0 Å². The minimum atomic E-state index is -0.661. The van der Waals surface area contributed by atoms with E-state index in [1.165, 1.54) is 20.5 Å². The van der Waals surface area contributed by atoms with E-state index in [1.54, 1.807) is 12.1 Å². The van der Waals surface area contributed by atoms with Gasteiger partial charge in [0.05, 0.1) is 19.8 Å². The number of methoxy groups -OCH3 is 2. The number of hydrogen-bond donors (Lipinski definition) is 3. The molecule has 124 valence electrons. The predicted octanol–water partition coefficient (Wildman–Crippen LogP) is 2.59. The molecule has 7 heteroatoms. The third-order valence-corrected chi connectivity index (χ3v) is 3.65. The molecule has 1 aromatic heterocycles. The van der Waals surface area contributed by atoms with Crippen molar-refractivity contribution >= 4 is 11.0 Å². The van der Waals surface area contributed by atoms with Gasteiger partial charge in [0, 0.05) is 12.1 Å². The van der Waals surface area contributed by atoms with E-state index in [2.05, 4.69) is 0 Å². The average molecular weight is 330 g/mol. The zero-order chi connectivity index (χ0) is 17.4. The number of hydrogen-bond acceptors (Lipinski definition) is 7. The van der Waals surface area contributed by atoms with Crippen molar-refractivity contribution in [3.63, 3.8) is 0 Å². The molecule has 0 amide bonds. The van der Waals surface area contributed by atoms with Gasteiger partial charge in [0.2, 0.25) is 5.43 Å². The molecule has 0 atom stereocenters. The largest absolute Gasteiger partial charge is 0.504 e. The molecule has 0 aliphatic rings. The fourth-order valence-electron chi connectivity index (χ4n) is 2.43. The van der Waals surface area contributed by atoms with E-state index in [0.29, 0.717) is 5.75 Å². The van der Waals surface area contributed by atoms with Crippen LogP contribution in [0.4, 0.5) is 0 Å². The van der Waals surface area contributed by atoms with Gasteiger partial charge in [0.25, 0.3) is 0 Å². The smallest absolute Gasteiger partial charge is 0.204 e. The highest BCUT2D eigenvalue weighted by Crippen LogP contribution is 2.39. The Kier molecular flexibility index (Phi) is 3.69. The van der Waals surface area contributed by atoms with Crippen LogP contribution in [0.25, 0.3) is 22.1 Å². The first-order valence-electron chi connectivity index (χ1n) is 6.89. The van der Waals surface area contributed by atoms with Crippen LogP contribution in [0, 0.1) is 0 Å². The van der Waals surface area contributed by atoms with E-state index in [-0.39, 0.29) is 27.8 Å². The number of phenols is 3. The highest BCUT2D eigenvalue weighted by Gasteiger charge is 2.17. The number of ether oxygens (including phenoxy) is 2. The summed E-state index contributed by atoms with van der Waals surface area (Å²) in [5.74, 6) is -1.02. The summed E-state index contributed by atoms with van der Waals surface area (Å²) < 4.78 is 15.8. The predicted molar refractivity (Wildman–Crippen MR) is 86.0 cm³/mol. The van der Waals surface area contributed by atoms with Crippen molar-refractivity contribution in [2.45, 2.75) is 0 Å². The maximum Gasteiger partial charge on any atom is 0.204 e. The van der Waals surface area contributed by atoms with Gasteiger partial charge in [-0.15, -0.1) is 0 Å². The third kappa shape index (κ3) is 2.36. The van der Waals surface area contributed by atoms with E-state index in [4.69, 9.17) is 13.9 Å². The zero-order valence-corrected chi connectivity index (χ0v) is 12.9. The number of phenolic OH excluding ortho intramolecular Hbond substituents is 3. The van der Waals surface area contributed by atoms with Crippen molar-refractivity contribution in [2.24, 2.45) is 0 Å². The monoisotopic (exact) mass is 330 g/mol. The molecule has 0 saturated carbocycles. The quantitative estimate of drug-likeness (QED) is 0.633. The maximum atomic E-state index is 12.8. The Bertz CT molecular complexity index is 965. The zero-order valence-electron chi connectivity index (χ0n) is 12.9.